The van der Waals surface area contributed by atoms with Crippen LogP contribution < -0.4 is 5.73 Å². The van der Waals surface area contributed by atoms with Crippen LogP contribution in [0.1, 0.15) is 46.5 Å². The molecule has 0 aromatic heterocycles. The van der Waals surface area contributed by atoms with Crippen molar-refractivity contribution in [2.24, 2.45) is 11.1 Å². The first-order valence-corrected chi connectivity index (χ1v) is 8.07. The van der Waals surface area contributed by atoms with E-state index in [4.69, 9.17) is 5.73 Å². The number of sulfonamides is 1. The highest BCUT2D eigenvalue weighted by molar-refractivity contribution is 7.89. The molecule has 1 aliphatic heterocycles. The molecule has 0 radical (unpaired) electrons. The molecule has 17 heavy (non-hydrogen) atoms. The van der Waals surface area contributed by atoms with Gasteiger partial charge in [-0.25, -0.2) is 8.42 Å². The van der Waals surface area contributed by atoms with Crippen LogP contribution in [0.4, 0.5) is 0 Å². The molecule has 1 saturated heterocycles. The van der Waals surface area contributed by atoms with E-state index >= 15 is 0 Å². The van der Waals surface area contributed by atoms with Crippen molar-refractivity contribution in [3.8, 4) is 0 Å². The van der Waals surface area contributed by atoms with E-state index in [1.807, 2.05) is 20.8 Å². The first-order valence-electron chi connectivity index (χ1n) is 6.46. The Hall–Kier alpha value is -0.130. The molecule has 5 heteroatoms. The molecule has 0 aromatic carbocycles. The van der Waals surface area contributed by atoms with Crippen LogP contribution in [0, 0.1) is 5.41 Å². The predicted molar refractivity (Wildman–Crippen MR) is 71.3 cm³/mol. The van der Waals surface area contributed by atoms with Crippen molar-refractivity contribution in [1.29, 1.82) is 0 Å². The smallest absolute Gasteiger partial charge is 0.214 e. The molecule has 1 rings (SSSR count). The lowest BCUT2D eigenvalue weighted by Gasteiger charge is -2.31. The quantitative estimate of drug-likeness (QED) is 0.839. The van der Waals surface area contributed by atoms with Crippen LogP contribution in [0.15, 0.2) is 0 Å². The van der Waals surface area contributed by atoms with Gasteiger partial charge in [0, 0.05) is 19.1 Å². The third-order valence-electron chi connectivity index (χ3n) is 3.07. The van der Waals surface area contributed by atoms with Gasteiger partial charge in [-0.15, -0.1) is 0 Å². The van der Waals surface area contributed by atoms with E-state index in [1.165, 1.54) is 0 Å². The Kier molecular flexibility index (Phi) is 4.98. The summed E-state index contributed by atoms with van der Waals surface area (Å²) in [6, 6.07) is 0.00449. The number of rotatable bonds is 3. The minimum atomic E-state index is -3.17. The van der Waals surface area contributed by atoms with Gasteiger partial charge in [0.2, 0.25) is 10.0 Å². The van der Waals surface area contributed by atoms with Crippen molar-refractivity contribution in [3.63, 3.8) is 0 Å². The molecule has 0 spiro atoms. The van der Waals surface area contributed by atoms with Crippen LogP contribution in [0.3, 0.4) is 0 Å². The molecule has 0 saturated carbocycles. The average Bonchev–Trinajstić information content (AvgIpc) is 2.38. The summed E-state index contributed by atoms with van der Waals surface area (Å²) in [5.74, 6) is 0.205. The number of hydrogen-bond acceptors (Lipinski definition) is 3. The molecular formula is C12H26N2O2S. The molecule has 0 amide bonds. The van der Waals surface area contributed by atoms with Crippen molar-refractivity contribution >= 4 is 10.0 Å². The summed E-state index contributed by atoms with van der Waals surface area (Å²) in [4.78, 5) is 0. The largest absolute Gasteiger partial charge is 0.329 e. The zero-order valence-electron chi connectivity index (χ0n) is 11.3. The fraction of sp³-hybridized carbons (Fsp3) is 1.00. The van der Waals surface area contributed by atoms with Gasteiger partial charge in [-0.1, -0.05) is 33.6 Å². The highest BCUT2D eigenvalue weighted by atomic mass is 32.2. The van der Waals surface area contributed by atoms with Crippen molar-refractivity contribution in [1.82, 2.24) is 4.31 Å². The summed E-state index contributed by atoms with van der Waals surface area (Å²) in [5, 5.41) is 0. The standard InChI is InChI=1S/C12H26N2O2S/c1-12(2,3)10-17(15,16)14-8-6-4-5-7-11(14)9-13/h11H,4-10,13H2,1-3H3. The summed E-state index contributed by atoms with van der Waals surface area (Å²) in [5.41, 5.74) is 5.51. The van der Waals surface area contributed by atoms with E-state index < -0.39 is 10.0 Å². The van der Waals surface area contributed by atoms with Gasteiger partial charge < -0.3 is 5.73 Å². The van der Waals surface area contributed by atoms with Gasteiger partial charge in [0.25, 0.3) is 0 Å². The normalized spacial score (nSPS) is 24.6. The van der Waals surface area contributed by atoms with Crippen LogP contribution in [-0.2, 0) is 10.0 Å². The molecule has 0 aromatic rings. The first-order chi connectivity index (χ1) is 7.76. The molecule has 1 aliphatic rings. The van der Waals surface area contributed by atoms with E-state index in [-0.39, 0.29) is 17.2 Å². The third kappa shape index (κ3) is 4.56. The average molecular weight is 262 g/mol. The first kappa shape index (κ1) is 14.9. The van der Waals surface area contributed by atoms with Crippen LogP contribution >= 0.6 is 0 Å². The van der Waals surface area contributed by atoms with Crippen LogP contribution in [0.25, 0.3) is 0 Å². The summed E-state index contributed by atoms with van der Waals surface area (Å²) < 4.78 is 26.4. The van der Waals surface area contributed by atoms with Gasteiger partial charge in [-0.2, -0.15) is 4.31 Å². The molecule has 0 aliphatic carbocycles. The van der Waals surface area contributed by atoms with Crippen molar-refractivity contribution in [2.75, 3.05) is 18.8 Å². The maximum Gasteiger partial charge on any atom is 0.214 e. The molecule has 2 N–H and O–H groups in total. The Morgan fingerprint density at radius 3 is 2.41 bits per heavy atom. The van der Waals surface area contributed by atoms with E-state index in [2.05, 4.69) is 0 Å². The van der Waals surface area contributed by atoms with Gasteiger partial charge in [0.05, 0.1) is 5.75 Å². The Morgan fingerprint density at radius 1 is 1.24 bits per heavy atom. The highest BCUT2D eigenvalue weighted by Gasteiger charge is 2.33. The van der Waals surface area contributed by atoms with Gasteiger partial charge in [0.15, 0.2) is 0 Å². The topological polar surface area (TPSA) is 63.4 Å². The minimum absolute atomic E-state index is 0.00449. The highest BCUT2D eigenvalue weighted by Crippen LogP contribution is 2.24. The van der Waals surface area contributed by atoms with E-state index in [9.17, 15) is 8.42 Å². The summed E-state index contributed by atoms with van der Waals surface area (Å²) in [6.45, 7) is 6.95. The summed E-state index contributed by atoms with van der Waals surface area (Å²) in [7, 11) is -3.17. The maximum absolute atomic E-state index is 12.4. The van der Waals surface area contributed by atoms with Gasteiger partial charge in [-0.05, 0) is 18.3 Å². The SMILES string of the molecule is CC(C)(C)CS(=O)(=O)N1CCCCCC1CN. The summed E-state index contributed by atoms with van der Waals surface area (Å²) >= 11 is 0. The maximum atomic E-state index is 12.4. The lowest BCUT2D eigenvalue weighted by Crippen LogP contribution is -2.46. The van der Waals surface area contributed by atoms with Crippen LogP contribution in [0.5, 0.6) is 0 Å². The third-order valence-corrected chi connectivity index (χ3v) is 5.49. The second kappa shape index (κ2) is 5.67. The van der Waals surface area contributed by atoms with Crippen molar-refractivity contribution in [3.05, 3.63) is 0 Å². The Labute approximate surface area is 106 Å². The Bertz CT molecular complexity index is 333. The Morgan fingerprint density at radius 2 is 1.88 bits per heavy atom. The van der Waals surface area contributed by atoms with Crippen molar-refractivity contribution < 1.29 is 8.42 Å². The van der Waals surface area contributed by atoms with Crippen LogP contribution in [-0.4, -0.2) is 37.6 Å². The fourth-order valence-corrected chi connectivity index (χ4v) is 4.70. The predicted octanol–water partition coefficient (Wildman–Crippen LogP) is 1.57. The molecule has 4 nitrogen and oxygen atoms in total. The molecule has 1 atom stereocenters. The zero-order valence-corrected chi connectivity index (χ0v) is 12.1. The second-order valence-electron chi connectivity index (χ2n) is 6.17. The fourth-order valence-electron chi connectivity index (χ4n) is 2.38. The molecule has 1 fully saturated rings. The minimum Gasteiger partial charge on any atom is -0.329 e. The number of nitrogens with two attached hydrogens (primary N) is 1. The van der Waals surface area contributed by atoms with E-state index in [0.29, 0.717) is 13.1 Å². The lowest BCUT2D eigenvalue weighted by molar-refractivity contribution is 0.320. The van der Waals surface area contributed by atoms with Crippen molar-refractivity contribution in [2.45, 2.75) is 52.5 Å². The van der Waals surface area contributed by atoms with Gasteiger partial charge in [0.1, 0.15) is 0 Å². The van der Waals surface area contributed by atoms with E-state index in [1.54, 1.807) is 4.31 Å². The lowest BCUT2D eigenvalue weighted by atomic mass is 10.0. The molecule has 1 unspecified atom stereocenters. The summed E-state index contributed by atoms with van der Waals surface area (Å²) in [6.07, 6.45) is 4.06. The van der Waals surface area contributed by atoms with Gasteiger partial charge in [-0.3, -0.25) is 0 Å². The van der Waals surface area contributed by atoms with Gasteiger partial charge >= 0.3 is 0 Å². The number of nitrogens with zero attached hydrogens (tertiary/aromatic N) is 1. The molecular weight excluding hydrogens is 236 g/mol. The molecule has 0 bridgehead atoms. The number of hydrogen-bond donors (Lipinski definition) is 1. The molecule has 102 valence electrons. The Balaban J connectivity index is 2.86. The van der Waals surface area contributed by atoms with Crippen LogP contribution in [0.2, 0.25) is 0 Å². The monoisotopic (exact) mass is 262 g/mol. The second-order valence-corrected chi connectivity index (χ2v) is 8.09. The zero-order chi connectivity index (χ0) is 13.1. The molecule has 1 heterocycles. The van der Waals surface area contributed by atoms with E-state index in [0.717, 1.165) is 25.7 Å².